The first kappa shape index (κ1) is 38.6. The predicted molar refractivity (Wildman–Crippen MR) is 161 cm³/mol. The molecule has 0 radical (unpaired) electrons. The molecule has 4 heteroatoms. The van der Waals surface area contributed by atoms with E-state index in [0.717, 1.165) is 32.1 Å². The second kappa shape index (κ2) is 22.3. The molecular weight excluding hydrogens is 464 g/mol. The van der Waals surface area contributed by atoms with Gasteiger partial charge in [0.05, 0.1) is 4.90 Å². The molecule has 208 valence electrons. The van der Waals surface area contributed by atoms with Gasteiger partial charge in [0.1, 0.15) is 5.78 Å². The Balaban J connectivity index is -0.000000437. The third-order valence-electron chi connectivity index (χ3n) is 5.66. The van der Waals surface area contributed by atoms with E-state index in [1.165, 1.54) is 22.9 Å². The number of carbonyl (C=O) groups is 1. The number of sulfone groups is 1. The van der Waals surface area contributed by atoms with E-state index >= 15 is 0 Å². The van der Waals surface area contributed by atoms with E-state index in [1.54, 1.807) is 12.1 Å². The molecule has 0 aliphatic rings. The number of benzene rings is 2. The quantitative estimate of drug-likeness (QED) is 0.348. The summed E-state index contributed by atoms with van der Waals surface area (Å²) >= 11 is 0. The van der Waals surface area contributed by atoms with Gasteiger partial charge in [-0.25, -0.2) is 8.42 Å². The molecule has 2 aromatic rings. The Morgan fingerprint density at radius 3 is 1.53 bits per heavy atom. The SMILES string of the molecule is CC.CC.CCC(=O)C(C)(C)CC.CCCCc1ccc(S(C)(=O)=O)cc1.CCc1ccc(C)cc1. The molecule has 0 aliphatic heterocycles. The van der Waals surface area contributed by atoms with Crippen molar-refractivity contribution in [2.24, 2.45) is 5.41 Å². The second-order valence-electron chi connectivity index (χ2n) is 8.87. The number of unbranched alkanes of at least 4 members (excludes halogenated alkanes) is 1. The molecule has 2 rings (SSSR count). The molecule has 0 spiro atoms. The summed E-state index contributed by atoms with van der Waals surface area (Å²) in [6, 6.07) is 15.8. The van der Waals surface area contributed by atoms with Crippen LogP contribution in [0, 0.1) is 12.3 Å². The van der Waals surface area contributed by atoms with Crippen molar-refractivity contribution >= 4 is 15.6 Å². The average molecular weight is 521 g/mol. The zero-order valence-electron chi connectivity index (χ0n) is 25.5. The van der Waals surface area contributed by atoms with E-state index in [-0.39, 0.29) is 5.41 Å². The Hall–Kier alpha value is -1.94. The van der Waals surface area contributed by atoms with Gasteiger partial charge < -0.3 is 0 Å². The Labute approximate surface area is 225 Å². The van der Waals surface area contributed by atoms with Gasteiger partial charge >= 0.3 is 0 Å². The van der Waals surface area contributed by atoms with Gasteiger partial charge in [-0.1, -0.05) is 118 Å². The van der Waals surface area contributed by atoms with Gasteiger partial charge in [-0.3, -0.25) is 4.79 Å². The summed E-state index contributed by atoms with van der Waals surface area (Å²) < 4.78 is 22.3. The van der Waals surface area contributed by atoms with E-state index in [4.69, 9.17) is 0 Å². The lowest BCUT2D eigenvalue weighted by Crippen LogP contribution is -2.21. The zero-order valence-corrected chi connectivity index (χ0v) is 26.3. The third-order valence-corrected chi connectivity index (χ3v) is 6.79. The first-order chi connectivity index (χ1) is 16.9. The van der Waals surface area contributed by atoms with Crippen LogP contribution in [0.3, 0.4) is 0 Å². The molecular formula is C32H56O3S. The summed E-state index contributed by atoms with van der Waals surface area (Å²) in [5, 5.41) is 0. The van der Waals surface area contributed by atoms with Crippen molar-refractivity contribution in [3.63, 3.8) is 0 Å². The highest BCUT2D eigenvalue weighted by Gasteiger charge is 2.22. The smallest absolute Gasteiger partial charge is 0.175 e. The van der Waals surface area contributed by atoms with Crippen molar-refractivity contribution in [1.29, 1.82) is 0 Å². The number of aryl methyl sites for hydroxylation is 3. The maximum Gasteiger partial charge on any atom is 0.175 e. The lowest BCUT2D eigenvalue weighted by atomic mass is 9.84. The zero-order chi connectivity index (χ0) is 28.8. The van der Waals surface area contributed by atoms with Crippen LogP contribution < -0.4 is 0 Å². The van der Waals surface area contributed by atoms with Crippen molar-refractivity contribution in [2.45, 2.75) is 120 Å². The van der Waals surface area contributed by atoms with Gasteiger partial charge in [-0.15, -0.1) is 0 Å². The Morgan fingerprint density at radius 2 is 1.22 bits per heavy atom. The van der Waals surface area contributed by atoms with Crippen LogP contribution in [-0.2, 0) is 27.5 Å². The van der Waals surface area contributed by atoms with Crippen LogP contribution in [0.2, 0.25) is 0 Å². The fourth-order valence-electron chi connectivity index (χ4n) is 2.78. The van der Waals surface area contributed by atoms with Crippen LogP contribution in [0.15, 0.2) is 53.4 Å². The van der Waals surface area contributed by atoms with Gasteiger partial charge in [-0.05, 0) is 55.9 Å². The molecule has 0 heterocycles. The van der Waals surface area contributed by atoms with Crippen molar-refractivity contribution in [1.82, 2.24) is 0 Å². The van der Waals surface area contributed by atoms with Crippen LogP contribution in [0.5, 0.6) is 0 Å². The van der Waals surface area contributed by atoms with Crippen LogP contribution in [-0.4, -0.2) is 20.5 Å². The van der Waals surface area contributed by atoms with Gasteiger partial charge in [0, 0.05) is 18.1 Å². The highest BCUT2D eigenvalue weighted by molar-refractivity contribution is 7.90. The maximum absolute atomic E-state index is 11.2. The van der Waals surface area contributed by atoms with Crippen molar-refractivity contribution in [2.75, 3.05) is 6.26 Å². The molecule has 0 amide bonds. The summed E-state index contributed by atoms with van der Waals surface area (Å²) in [6.07, 6.45) is 7.32. The van der Waals surface area contributed by atoms with Crippen molar-refractivity contribution < 1.29 is 13.2 Å². The number of hydrogen-bond donors (Lipinski definition) is 0. The standard InChI is InChI=1S/C11H16O2S.C9H12.C8H16O.2C2H6/c1-3-4-5-10-6-8-11(9-7-10)14(2,12)13;1-3-9-6-4-8(2)5-7-9;1-5-7(9)8(3,4)6-2;2*1-2/h6-9H,3-5H2,1-2H3;4-7H,3H2,1-2H3;5-6H2,1-4H3;2*1-2H3. The molecule has 0 saturated heterocycles. The minimum absolute atomic E-state index is 0.0885. The number of ketones is 1. The molecule has 0 fully saturated rings. The molecule has 0 aliphatic carbocycles. The van der Waals surface area contributed by atoms with Crippen molar-refractivity contribution in [3.05, 3.63) is 65.2 Å². The number of carbonyl (C=O) groups excluding carboxylic acids is 1. The Bertz CT molecular complexity index is 878. The molecule has 0 atom stereocenters. The normalized spacial score (nSPS) is 10.1. The topological polar surface area (TPSA) is 51.2 Å². The lowest BCUT2D eigenvalue weighted by molar-refractivity contribution is -0.126. The summed E-state index contributed by atoms with van der Waals surface area (Å²) in [7, 11) is -3.04. The molecule has 0 N–H and O–H groups in total. The van der Waals surface area contributed by atoms with Crippen LogP contribution in [0.4, 0.5) is 0 Å². The van der Waals surface area contributed by atoms with Gasteiger partial charge in [-0.2, -0.15) is 0 Å². The summed E-state index contributed by atoms with van der Waals surface area (Å²) in [6.45, 7) is 22.4. The van der Waals surface area contributed by atoms with Gasteiger partial charge in [0.2, 0.25) is 0 Å². The fraction of sp³-hybridized carbons (Fsp3) is 0.594. The lowest BCUT2D eigenvalue weighted by Gasteiger charge is -2.19. The molecule has 2 aromatic carbocycles. The molecule has 3 nitrogen and oxygen atoms in total. The van der Waals surface area contributed by atoms with E-state index in [9.17, 15) is 13.2 Å². The molecule has 36 heavy (non-hydrogen) atoms. The summed E-state index contributed by atoms with van der Waals surface area (Å²) in [4.78, 5) is 11.5. The number of rotatable bonds is 8. The minimum atomic E-state index is -3.04. The van der Waals surface area contributed by atoms with Crippen molar-refractivity contribution in [3.8, 4) is 0 Å². The Morgan fingerprint density at radius 1 is 0.778 bits per heavy atom. The summed E-state index contributed by atoms with van der Waals surface area (Å²) in [5.74, 6) is 0.366. The molecule has 0 bridgehead atoms. The number of hydrogen-bond acceptors (Lipinski definition) is 3. The van der Waals surface area contributed by atoms with Crippen LogP contribution in [0.25, 0.3) is 0 Å². The van der Waals surface area contributed by atoms with E-state index in [2.05, 4.69) is 45.0 Å². The van der Waals surface area contributed by atoms with Gasteiger partial charge in [0.25, 0.3) is 0 Å². The van der Waals surface area contributed by atoms with E-state index < -0.39 is 9.84 Å². The average Bonchev–Trinajstić information content (AvgIpc) is 2.90. The maximum atomic E-state index is 11.2. The largest absolute Gasteiger partial charge is 0.299 e. The number of Topliss-reactive ketones (excluding diaryl/α,β-unsaturated/α-hetero) is 1. The predicted octanol–water partition coefficient (Wildman–Crippen LogP) is 9.44. The molecule has 0 aromatic heterocycles. The first-order valence-corrected chi connectivity index (χ1v) is 15.7. The monoisotopic (exact) mass is 520 g/mol. The minimum Gasteiger partial charge on any atom is -0.299 e. The third kappa shape index (κ3) is 18.3. The van der Waals surface area contributed by atoms with E-state index in [0.29, 0.717) is 17.1 Å². The van der Waals surface area contributed by atoms with Crippen LogP contribution in [0.1, 0.15) is 112 Å². The molecule has 0 unspecified atom stereocenters. The first-order valence-electron chi connectivity index (χ1n) is 13.8. The Kier molecular flexibility index (Phi) is 23.9. The highest BCUT2D eigenvalue weighted by atomic mass is 32.2. The van der Waals surface area contributed by atoms with E-state index in [1.807, 2.05) is 67.5 Å². The van der Waals surface area contributed by atoms with Gasteiger partial charge in [0.15, 0.2) is 9.84 Å². The highest BCUT2D eigenvalue weighted by Crippen LogP contribution is 2.21. The fourth-order valence-corrected chi connectivity index (χ4v) is 3.41. The van der Waals surface area contributed by atoms with Crippen LogP contribution >= 0.6 is 0 Å². The second-order valence-corrected chi connectivity index (χ2v) is 10.9. The molecule has 0 saturated carbocycles. The summed E-state index contributed by atoms with van der Waals surface area (Å²) in [5.41, 5.74) is 3.88.